The number of ether oxygens (including phenoxy) is 2. The van der Waals surface area contributed by atoms with Gasteiger partial charge in [0.25, 0.3) is 0 Å². The second-order valence-corrected chi connectivity index (χ2v) is 5.94. The van der Waals surface area contributed by atoms with Gasteiger partial charge in [-0.15, -0.1) is 0 Å². The quantitative estimate of drug-likeness (QED) is 0.651. The summed E-state index contributed by atoms with van der Waals surface area (Å²) in [4.78, 5) is 23.4. The van der Waals surface area contributed by atoms with Gasteiger partial charge in [-0.2, -0.15) is 0 Å². The number of hydrogen-bond acceptors (Lipinski definition) is 4. The molecule has 0 unspecified atom stereocenters. The fourth-order valence-corrected chi connectivity index (χ4v) is 2.47. The summed E-state index contributed by atoms with van der Waals surface area (Å²) in [6, 6.07) is 23.3. The number of carbonyl (C=O) groups is 2. The van der Waals surface area contributed by atoms with E-state index in [-0.39, 0.29) is 6.61 Å². The predicted molar refractivity (Wildman–Crippen MR) is 101 cm³/mol. The zero-order chi connectivity index (χ0) is 19.1. The zero-order valence-corrected chi connectivity index (χ0v) is 14.6. The van der Waals surface area contributed by atoms with Crippen LogP contribution in [0, 0.1) is 0 Å². The van der Waals surface area contributed by atoms with Crippen LogP contribution in [0.4, 0.5) is 0 Å². The molecule has 0 bridgehead atoms. The molecule has 0 aromatic heterocycles. The summed E-state index contributed by atoms with van der Waals surface area (Å²) in [7, 11) is 0. The lowest BCUT2D eigenvalue weighted by molar-refractivity contribution is 0.0472. The summed E-state index contributed by atoms with van der Waals surface area (Å²) in [6.07, 6.45) is 0. The van der Waals surface area contributed by atoms with Gasteiger partial charge in [-0.3, -0.25) is 4.79 Å². The second kappa shape index (κ2) is 8.67. The van der Waals surface area contributed by atoms with Crippen molar-refractivity contribution in [2.45, 2.75) is 13.2 Å². The predicted octanol–water partition coefficient (Wildman–Crippen LogP) is 3.72. The van der Waals surface area contributed by atoms with Gasteiger partial charge in [-0.05, 0) is 47.5 Å². The number of primary amides is 1. The fourth-order valence-electron chi connectivity index (χ4n) is 2.47. The topological polar surface area (TPSA) is 78.6 Å². The van der Waals surface area contributed by atoms with E-state index in [0.717, 1.165) is 5.56 Å². The second-order valence-electron chi connectivity index (χ2n) is 5.94. The highest BCUT2D eigenvalue weighted by molar-refractivity contribution is 5.93. The molecule has 5 nitrogen and oxygen atoms in total. The van der Waals surface area contributed by atoms with Gasteiger partial charge in [0, 0.05) is 5.56 Å². The van der Waals surface area contributed by atoms with Gasteiger partial charge < -0.3 is 15.2 Å². The van der Waals surface area contributed by atoms with Crippen molar-refractivity contribution >= 4 is 11.9 Å². The standard InChI is InChI=1S/C22H19NO4/c23-21(24)19-8-4-7-17(13-19)15-27-22(25)18-9-11-20(12-10-18)26-14-16-5-2-1-3-6-16/h1-13H,14-15H2,(H2,23,24). The van der Waals surface area contributed by atoms with Crippen LogP contribution in [0.25, 0.3) is 0 Å². The van der Waals surface area contributed by atoms with Crippen LogP contribution in [0.2, 0.25) is 0 Å². The van der Waals surface area contributed by atoms with Gasteiger partial charge in [0.2, 0.25) is 5.91 Å². The van der Waals surface area contributed by atoms with Gasteiger partial charge >= 0.3 is 5.97 Å². The van der Waals surface area contributed by atoms with Gasteiger partial charge in [-0.1, -0.05) is 42.5 Å². The highest BCUT2D eigenvalue weighted by Crippen LogP contribution is 2.16. The Hall–Kier alpha value is -3.60. The number of amides is 1. The maximum atomic E-state index is 12.2. The van der Waals surface area contributed by atoms with Crippen molar-refractivity contribution in [3.05, 3.63) is 101 Å². The molecule has 0 radical (unpaired) electrons. The molecule has 0 spiro atoms. The van der Waals surface area contributed by atoms with Crippen molar-refractivity contribution in [2.24, 2.45) is 5.73 Å². The molecule has 3 aromatic carbocycles. The normalized spacial score (nSPS) is 10.2. The van der Waals surface area contributed by atoms with E-state index in [9.17, 15) is 9.59 Å². The smallest absolute Gasteiger partial charge is 0.338 e. The maximum absolute atomic E-state index is 12.2. The molecule has 5 heteroatoms. The molecule has 3 rings (SSSR count). The number of carbonyl (C=O) groups excluding carboxylic acids is 2. The Labute approximate surface area is 157 Å². The monoisotopic (exact) mass is 361 g/mol. The first-order chi connectivity index (χ1) is 13.1. The lowest BCUT2D eigenvalue weighted by atomic mass is 10.1. The van der Waals surface area contributed by atoms with E-state index < -0.39 is 11.9 Å². The molecule has 0 heterocycles. The Morgan fingerprint density at radius 3 is 2.15 bits per heavy atom. The van der Waals surface area contributed by atoms with Crippen molar-refractivity contribution in [1.82, 2.24) is 0 Å². The molecule has 0 aliphatic heterocycles. The lowest BCUT2D eigenvalue weighted by Crippen LogP contribution is -2.11. The zero-order valence-electron chi connectivity index (χ0n) is 14.6. The molecule has 0 atom stereocenters. The number of rotatable bonds is 7. The summed E-state index contributed by atoms with van der Waals surface area (Å²) in [6.45, 7) is 0.521. The van der Waals surface area contributed by atoms with E-state index in [2.05, 4.69) is 0 Å². The van der Waals surface area contributed by atoms with Crippen LogP contribution in [-0.2, 0) is 18.0 Å². The third-order valence-corrected chi connectivity index (χ3v) is 3.92. The average Bonchev–Trinajstić information content (AvgIpc) is 2.72. The Morgan fingerprint density at radius 1 is 0.741 bits per heavy atom. The largest absolute Gasteiger partial charge is 0.489 e. The molecule has 0 saturated heterocycles. The fraction of sp³-hybridized carbons (Fsp3) is 0.0909. The Bertz CT molecular complexity index is 921. The molecule has 3 aromatic rings. The van der Waals surface area contributed by atoms with E-state index >= 15 is 0 Å². The van der Waals surface area contributed by atoms with Crippen molar-refractivity contribution in [1.29, 1.82) is 0 Å². The number of hydrogen-bond donors (Lipinski definition) is 1. The molecule has 0 aliphatic rings. The molecule has 0 aliphatic carbocycles. The van der Waals surface area contributed by atoms with E-state index in [1.807, 2.05) is 30.3 Å². The van der Waals surface area contributed by atoms with Crippen LogP contribution in [0.1, 0.15) is 31.8 Å². The third kappa shape index (κ3) is 5.19. The number of esters is 1. The Balaban J connectivity index is 1.54. The first kappa shape index (κ1) is 18.2. The molecule has 136 valence electrons. The Morgan fingerprint density at radius 2 is 1.44 bits per heavy atom. The van der Waals surface area contributed by atoms with Crippen LogP contribution in [0.3, 0.4) is 0 Å². The summed E-state index contributed by atoms with van der Waals surface area (Å²) in [5.74, 6) is -0.298. The minimum atomic E-state index is -0.519. The summed E-state index contributed by atoms with van der Waals surface area (Å²) >= 11 is 0. The number of benzene rings is 3. The SMILES string of the molecule is NC(=O)c1cccc(COC(=O)c2ccc(OCc3ccccc3)cc2)c1. The van der Waals surface area contributed by atoms with Crippen LogP contribution >= 0.6 is 0 Å². The van der Waals surface area contributed by atoms with E-state index in [1.165, 1.54) is 0 Å². The summed E-state index contributed by atoms with van der Waals surface area (Å²) < 4.78 is 11.0. The van der Waals surface area contributed by atoms with E-state index in [1.54, 1.807) is 48.5 Å². The van der Waals surface area contributed by atoms with Gasteiger partial charge in [0.1, 0.15) is 19.0 Å². The molecule has 0 fully saturated rings. The average molecular weight is 361 g/mol. The lowest BCUT2D eigenvalue weighted by Gasteiger charge is -2.08. The highest BCUT2D eigenvalue weighted by Gasteiger charge is 2.09. The van der Waals surface area contributed by atoms with Crippen LogP contribution < -0.4 is 10.5 Å². The number of nitrogens with two attached hydrogens (primary N) is 1. The molecule has 1 amide bonds. The molecule has 27 heavy (non-hydrogen) atoms. The third-order valence-electron chi connectivity index (χ3n) is 3.92. The summed E-state index contributed by atoms with van der Waals surface area (Å²) in [5, 5.41) is 0. The van der Waals surface area contributed by atoms with Gasteiger partial charge in [-0.25, -0.2) is 4.79 Å². The van der Waals surface area contributed by atoms with Gasteiger partial charge in [0.15, 0.2) is 0 Å². The first-order valence-corrected chi connectivity index (χ1v) is 8.44. The minimum Gasteiger partial charge on any atom is -0.489 e. The molecular formula is C22H19NO4. The molecule has 0 saturated carbocycles. The van der Waals surface area contributed by atoms with Crippen molar-refractivity contribution < 1.29 is 19.1 Å². The van der Waals surface area contributed by atoms with Crippen LogP contribution in [0.5, 0.6) is 5.75 Å². The van der Waals surface area contributed by atoms with Crippen LogP contribution in [-0.4, -0.2) is 11.9 Å². The van der Waals surface area contributed by atoms with Crippen molar-refractivity contribution in [2.75, 3.05) is 0 Å². The van der Waals surface area contributed by atoms with E-state index in [4.69, 9.17) is 15.2 Å². The van der Waals surface area contributed by atoms with Crippen molar-refractivity contribution in [3.63, 3.8) is 0 Å². The molecular weight excluding hydrogens is 342 g/mol. The Kier molecular flexibility index (Phi) is 5.84. The maximum Gasteiger partial charge on any atom is 0.338 e. The summed E-state index contributed by atoms with van der Waals surface area (Å²) in [5.41, 5.74) is 7.81. The van der Waals surface area contributed by atoms with Crippen molar-refractivity contribution in [3.8, 4) is 5.75 Å². The minimum absolute atomic E-state index is 0.0617. The molecule has 2 N–H and O–H groups in total. The highest BCUT2D eigenvalue weighted by atomic mass is 16.5. The van der Waals surface area contributed by atoms with E-state index in [0.29, 0.717) is 29.0 Å². The van der Waals surface area contributed by atoms with Crippen LogP contribution in [0.15, 0.2) is 78.9 Å². The van der Waals surface area contributed by atoms with Gasteiger partial charge in [0.05, 0.1) is 5.56 Å². The first-order valence-electron chi connectivity index (χ1n) is 8.44.